The molecule has 2 rings (SSSR count). The standard InChI is InChI=1S/C36H28O12/c1-23(2)33(37)45-17-13-41-29-11-9-27(21-31(29)43-15-19-47-35(39)25(5)6)28-10-12-30(42-14-18-46-34(38)24(3)4)32(22-28)44-16-20-48-36(40)26(7)8/h9-12,21-22,26H,1,3,5H2,2,4,6-8H3. The first kappa shape index (κ1) is 37.2. The van der Waals surface area contributed by atoms with Crippen LogP contribution in [0.5, 0.6) is 23.0 Å². The molecule has 0 heterocycles. The number of hydrogen-bond acceptors (Lipinski definition) is 12. The van der Waals surface area contributed by atoms with E-state index < -0.39 is 29.8 Å². The molecule has 0 aliphatic carbocycles. The van der Waals surface area contributed by atoms with Crippen LogP contribution in [0.4, 0.5) is 0 Å². The molecule has 0 saturated heterocycles. The maximum Gasteiger partial charge on any atom is 0.347 e. The Bertz CT molecular complexity index is 1890. The van der Waals surface area contributed by atoms with Gasteiger partial charge in [-0.15, -0.1) is 0 Å². The topological polar surface area (TPSA) is 142 Å². The van der Waals surface area contributed by atoms with Gasteiger partial charge in [-0.05, 0) is 56.2 Å². The van der Waals surface area contributed by atoms with Crippen molar-refractivity contribution in [3.05, 3.63) is 72.9 Å². The molecule has 0 saturated carbocycles. The van der Waals surface area contributed by atoms with E-state index in [2.05, 4.69) is 68.6 Å². The van der Waals surface area contributed by atoms with Gasteiger partial charge in [-0.1, -0.05) is 45.7 Å². The number of ether oxygens (including phenoxy) is 8. The van der Waals surface area contributed by atoms with Crippen LogP contribution in [0.25, 0.3) is 11.1 Å². The lowest BCUT2D eigenvalue weighted by Crippen LogP contribution is -2.08. The van der Waals surface area contributed by atoms with E-state index in [0.29, 0.717) is 11.1 Å². The quantitative estimate of drug-likeness (QED) is 0.154. The fraction of sp³-hybridized carbons (Fsp3) is 0.167. The number of carbonyl (C=O) groups excluding carboxylic acids is 4. The minimum Gasteiger partial charge on any atom is -0.401 e. The van der Waals surface area contributed by atoms with E-state index in [4.69, 9.17) is 37.9 Å². The number of benzene rings is 2. The second kappa shape index (κ2) is 18.7. The molecule has 0 amide bonds. The molecule has 0 spiro atoms. The summed E-state index contributed by atoms with van der Waals surface area (Å²) in [6.07, 6.45) is 17.4. The van der Waals surface area contributed by atoms with Crippen molar-refractivity contribution in [2.75, 3.05) is 0 Å². The van der Waals surface area contributed by atoms with E-state index in [1.807, 2.05) is 0 Å². The highest BCUT2D eigenvalue weighted by atomic mass is 16.6. The monoisotopic (exact) mass is 652 g/mol. The zero-order valence-electron chi connectivity index (χ0n) is 26.6. The van der Waals surface area contributed by atoms with Crippen molar-refractivity contribution in [2.45, 2.75) is 34.6 Å². The molecular formula is C36H28O12. The highest BCUT2D eigenvalue weighted by Gasteiger charge is 2.13. The third-order valence-electron chi connectivity index (χ3n) is 5.13. The maximum absolute atomic E-state index is 11.7. The largest absolute Gasteiger partial charge is 0.401 e. The van der Waals surface area contributed by atoms with Gasteiger partial charge in [0.1, 0.15) is 0 Å². The molecule has 0 radical (unpaired) electrons. The molecule has 0 N–H and O–H groups in total. The normalized spacial score (nSPS) is 9.04. The van der Waals surface area contributed by atoms with Crippen LogP contribution >= 0.6 is 0 Å². The van der Waals surface area contributed by atoms with Crippen molar-refractivity contribution in [3.8, 4) is 83.0 Å². The average molecular weight is 653 g/mol. The Labute approximate surface area is 277 Å². The van der Waals surface area contributed by atoms with Crippen LogP contribution in [0.1, 0.15) is 34.6 Å². The van der Waals surface area contributed by atoms with Crippen LogP contribution in [0.2, 0.25) is 0 Å². The Morgan fingerprint density at radius 3 is 1.12 bits per heavy atom. The summed E-state index contributed by atoms with van der Waals surface area (Å²) in [6, 6.07) is 9.19. The van der Waals surface area contributed by atoms with Crippen LogP contribution in [0, 0.1) is 54.8 Å². The van der Waals surface area contributed by atoms with Crippen LogP contribution in [0.15, 0.2) is 72.9 Å². The highest BCUT2D eigenvalue weighted by Crippen LogP contribution is 2.37. The van der Waals surface area contributed by atoms with Crippen molar-refractivity contribution < 1.29 is 57.1 Å². The van der Waals surface area contributed by atoms with Gasteiger partial charge in [-0.25, -0.2) is 14.4 Å². The first-order valence-electron chi connectivity index (χ1n) is 13.6. The Hall–Kier alpha value is -7.02. The Balaban J connectivity index is 2.48. The summed E-state index contributed by atoms with van der Waals surface area (Å²) in [6.45, 7) is 18.0. The fourth-order valence-electron chi connectivity index (χ4n) is 2.66. The molecule has 0 aromatic heterocycles. The molecule has 2 aromatic rings. The number of rotatable bonds is 9. The van der Waals surface area contributed by atoms with Gasteiger partial charge in [0, 0.05) is 16.7 Å². The van der Waals surface area contributed by atoms with Crippen molar-refractivity contribution in [1.29, 1.82) is 0 Å². The lowest BCUT2D eigenvalue weighted by molar-refractivity contribution is -0.140. The summed E-state index contributed by atoms with van der Waals surface area (Å²) in [5, 5.41) is 0. The molecule has 0 aliphatic rings. The number of carbonyl (C=O) groups is 4. The molecule has 0 fully saturated rings. The van der Waals surface area contributed by atoms with E-state index in [1.54, 1.807) is 26.0 Å². The smallest absolute Gasteiger partial charge is 0.347 e. The molecule has 0 aliphatic heterocycles. The third-order valence-corrected chi connectivity index (χ3v) is 5.13. The average Bonchev–Trinajstić information content (AvgIpc) is 3.05. The SMILES string of the molecule is C=C(C)C(=O)OC#COc1ccc(-c2ccc(OC#COC(=O)C(=C)C)c(OC#COC(=O)C(C)C)c2)cc1OC#COC(=O)C(=C)C. The maximum atomic E-state index is 11.7. The van der Waals surface area contributed by atoms with Gasteiger partial charge >= 0.3 is 23.9 Å². The second-order valence-electron chi connectivity index (χ2n) is 9.63. The summed E-state index contributed by atoms with van der Waals surface area (Å²) in [4.78, 5) is 46.5. The Morgan fingerprint density at radius 2 is 0.812 bits per heavy atom. The molecule has 0 bridgehead atoms. The fourth-order valence-corrected chi connectivity index (χ4v) is 2.66. The first-order valence-corrected chi connectivity index (χ1v) is 13.6. The predicted molar refractivity (Wildman–Crippen MR) is 169 cm³/mol. The zero-order valence-corrected chi connectivity index (χ0v) is 26.6. The minimum atomic E-state index is -0.753. The van der Waals surface area contributed by atoms with Gasteiger partial charge < -0.3 is 37.9 Å². The van der Waals surface area contributed by atoms with Crippen molar-refractivity contribution in [3.63, 3.8) is 0 Å². The third kappa shape index (κ3) is 12.5. The summed E-state index contributed by atoms with van der Waals surface area (Å²) in [5.74, 6) is -3.06. The summed E-state index contributed by atoms with van der Waals surface area (Å²) in [5.41, 5.74) is 1.43. The first-order chi connectivity index (χ1) is 22.8. The zero-order chi connectivity index (χ0) is 35.6. The minimum absolute atomic E-state index is 0.0141. The van der Waals surface area contributed by atoms with Gasteiger partial charge in [-0.2, -0.15) is 0 Å². The van der Waals surface area contributed by atoms with Crippen LogP contribution in [-0.2, 0) is 38.1 Å². The molecular weight excluding hydrogens is 624 g/mol. The number of esters is 4. The Morgan fingerprint density at radius 1 is 0.500 bits per heavy atom. The summed E-state index contributed by atoms with van der Waals surface area (Å²) >= 11 is 0. The lowest BCUT2D eigenvalue weighted by Gasteiger charge is -2.10. The lowest BCUT2D eigenvalue weighted by atomic mass is 10.0. The second-order valence-corrected chi connectivity index (χ2v) is 9.63. The van der Waals surface area contributed by atoms with E-state index in [-0.39, 0.29) is 39.7 Å². The predicted octanol–water partition coefficient (Wildman–Crippen LogP) is 5.10. The molecule has 2 aromatic carbocycles. The van der Waals surface area contributed by atoms with Gasteiger partial charge in [0.25, 0.3) is 0 Å². The van der Waals surface area contributed by atoms with Crippen molar-refractivity contribution >= 4 is 23.9 Å². The Kier molecular flexibility index (Phi) is 14.5. The van der Waals surface area contributed by atoms with Crippen LogP contribution in [-0.4, -0.2) is 23.9 Å². The van der Waals surface area contributed by atoms with Gasteiger partial charge in [-0.3, -0.25) is 4.79 Å². The molecule has 12 heteroatoms. The summed E-state index contributed by atoms with van der Waals surface area (Å²) in [7, 11) is 0. The van der Waals surface area contributed by atoms with Gasteiger partial charge in [0.2, 0.25) is 0 Å². The van der Waals surface area contributed by atoms with Crippen molar-refractivity contribution in [2.24, 2.45) is 5.92 Å². The van der Waals surface area contributed by atoms with Crippen LogP contribution < -0.4 is 18.9 Å². The number of hydrogen-bond donors (Lipinski definition) is 0. The molecule has 12 nitrogen and oxygen atoms in total. The molecule has 244 valence electrons. The van der Waals surface area contributed by atoms with E-state index in [0.717, 1.165) is 0 Å². The van der Waals surface area contributed by atoms with E-state index >= 15 is 0 Å². The molecule has 0 unspecified atom stereocenters. The molecule has 48 heavy (non-hydrogen) atoms. The summed E-state index contributed by atoms with van der Waals surface area (Å²) < 4.78 is 40.6. The van der Waals surface area contributed by atoms with Gasteiger partial charge in [0.05, 0.1) is 5.92 Å². The van der Waals surface area contributed by atoms with Crippen LogP contribution in [0.3, 0.4) is 0 Å². The van der Waals surface area contributed by atoms with Crippen molar-refractivity contribution in [1.82, 2.24) is 0 Å². The van der Waals surface area contributed by atoms with E-state index in [9.17, 15) is 19.2 Å². The highest BCUT2D eigenvalue weighted by molar-refractivity contribution is 5.88. The van der Waals surface area contributed by atoms with Gasteiger partial charge in [0.15, 0.2) is 71.9 Å². The molecule has 0 atom stereocenters. The van der Waals surface area contributed by atoms with E-state index in [1.165, 1.54) is 45.0 Å².